The topological polar surface area (TPSA) is 184 Å². The number of carbonyl (C=O) groups is 4. The molecule has 1 saturated carbocycles. The predicted molar refractivity (Wildman–Crippen MR) is 158 cm³/mol. The van der Waals surface area contributed by atoms with E-state index in [9.17, 15) is 32.7 Å². The molecular formula is C30H51NO12S. The number of ether oxygens (including phenoxy) is 4. The molecule has 2 aliphatic rings. The van der Waals surface area contributed by atoms with Crippen molar-refractivity contribution in [3.8, 4) is 0 Å². The molecule has 0 aromatic heterocycles. The van der Waals surface area contributed by atoms with Crippen LogP contribution in [-0.2, 0) is 52.4 Å². The van der Waals surface area contributed by atoms with Crippen molar-refractivity contribution in [2.24, 2.45) is 28.6 Å². The summed E-state index contributed by atoms with van der Waals surface area (Å²) in [4.78, 5) is 52.3. The van der Waals surface area contributed by atoms with E-state index in [2.05, 4.69) is 12.2 Å². The predicted octanol–water partition coefficient (Wildman–Crippen LogP) is 2.48. The molecule has 2 rings (SSSR count). The van der Waals surface area contributed by atoms with E-state index in [4.69, 9.17) is 23.1 Å². The molecule has 0 spiro atoms. The van der Waals surface area contributed by atoms with Crippen LogP contribution in [0.2, 0.25) is 0 Å². The van der Waals surface area contributed by atoms with Gasteiger partial charge in [0.2, 0.25) is 5.91 Å². The molecule has 1 amide bonds. The highest BCUT2D eigenvalue weighted by Gasteiger charge is 2.47. The first kappa shape index (κ1) is 37.9. The number of aliphatic hydroxyl groups excluding tert-OH is 1. The Hall–Kier alpha value is -2.29. The van der Waals surface area contributed by atoms with E-state index in [-0.39, 0.29) is 38.6 Å². The van der Waals surface area contributed by atoms with E-state index >= 15 is 0 Å². The molecule has 0 aromatic carbocycles. The maximum absolute atomic E-state index is 13.2. The SMILES string of the molecule is CCC(CC(CC(C)(CC(C)(C)C(=O)OCC1CO1)C(=O)OC)C(=O)OCCO)C(=O)NCOS(=O)(=O)C1CCC(C)CC1. The largest absolute Gasteiger partial charge is 0.469 e. The molecule has 44 heavy (non-hydrogen) atoms. The standard InChI is InChI=1S/C30H51NO12S/c1-7-21(25(33)31-19-43-44(37,38)24-10-8-20(2)9-11-24)14-22(26(34)40-13-12-32)15-30(5,28(36)39-6)18-29(3,4)27(35)42-17-23-16-41-23/h20-24,32H,7-19H2,1-6H3,(H,31,33). The van der Waals surface area contributed by atoms with Crippen LogP contribution >= 0.6 is 0 Å². The summed E-state index contributed by atoms with van der Waals surface area (Å²) in [5.74, 6) is -3.73. The normalized spacial score (nSPS) is 23.0. The monoisotopic (exact) mass is 649 g/mol. The van der Waals surface area contributed by atoms with E-state index in [0.29, 0.717) is 31.8 Å². The first-order valence-electron chi connectivity index (χ1n) is 15.4. The molecule has 2 N–H and O–H groups in total. The number of epoxide rings is 1. The lowest BCUT2D eigenvalue weighted by atomic mass is 9.68. The Labute approximate surface area is 261 Å². The number of esters is 3. The molecule has 254 valence electrons. The molecule has 2 fully saturated rings. The number of carbonyl (C=O) groups excluding carboxylic acids is 4. The number of hydrogen-bond donors (Lipinski definition) is 2. The lowest BCUT2D eigenvalue weighted by molar-refractivity contribution is -0.164. The van der Waals surface area contributed by atoms with Crippen molar-refractivity contribution in [1.82, 2.24) is 5.32 Å². The van der Waals surface area contributed by atoms with Gasteiger partial charge in [0.1, 0.15) is 26.0 Å². The number of nitrogens with one attached hydrogen (secondary N) is 1. The Kier molecular flexibility index (Phi) is 14.5. The van der Waals surface area contributed by atoms with Crippen molar-refractivity contribution in [3.63, 3.8) is 0 Å². The van der Waals surface area contributed by atoms with E-state index in [0.717, 1.165) is 12.8 Å². The van der Waals surface area contributed by atoms with Crippen LogP contribution in [0, 0.1) is 28.6 Å². The Balaban J connectivity index is 2.14. The summed E-state index contributed by atoms with van der Waals surface area (Å²) in [7, 11) is -2.65. The Morgan fingerprint density at radius 3 is 2.20 bits per heavy atom. The zero-order valence-corrected chi connectivity index (χ0v) is 27.7. The van der Waals surface area contributed by atoms with Crippen LogP contribution in [0.5, 0.6) is 0 Å². The van der Waals surface area contributed by atoms with Gasteiger partial charge in [0.05, 0.1) is 42.3 Å². The van der Waals surface area contributed by atoms with E-state index in [1.165, 1.54) is 7.11 Å². The number of aliphatic hydroxyl groups is 1. The second-order valence-corrected chi connectivity index (χ2v) is 14.9. The van der Waals surface area contributed by atoms with Crippen LogP contribution in [0.15, 0.2) is 0 Å². The zero-order valence-electron chi connectivity index (χ0n) is 26.9. The van der Waals surface area contributed by atoms with Crippen molar-refractivity contribution in [2.75, 3.05) is 40.3 Å². The fourth-order valence-corrected chi connectivity index (χ4v) is 7.13. The first-order valence-corrected chi connectivity index (χ1v) is 16.9. The molecule has 13 nitrogen and oxygen atoms in total. The highest BCUT2D eigenvalue weighted by Crippen LogP contribution is 2.42. The van der Waals surface area contributed by atoms with Gasteiger partial charge in [-0.25, -0.2) is 4.18 Å². The highest BCUT2D eigenvalue weighted by molar-refractivity contribution is 7.87. The molecule has 1 aliphatic heterocycles. The summed E-state index contributed by atoms with van der Waals surface area (Å²) in [6, 6.07) is 0. The maximum atomic E-state index is 13.2. The lowest BCUT2D eigenvalue weighted by Crippen LogP contribution is -2.42. The van der Waals surface area contributed by atoms with Crippen LogP contribution < -0.4 is 5.32 Å². The van der Waals surface area contributed by atoms with Gasteiger partial charge >= 0.3 is 17.9 Å². The van der Waals surface area contributed by atoms with Crippen LogP contribution in [0.3, 0.4) is 0 Å². The quantitative estimate of drug-likeness (QED) is 0.0686. The van der Waals surface area contributed by atoms with Crippen LogP contribution in [0.25, 0.3) is 0 Å². The maximum Gasteiger partial charge on any atom is 0.311 e. The van der Waals surface area contributed by atoms with E-state index in [1.54, 1.807) is 27.7 Å². The summed E-state index contributed by atoms with van der Waals surface area (Å²) >= 11 is 0. The molecule has 4 unspecified atom stereocenters. The van der Waals surface area contributed by atoms with Gasteiger partial charge in [-0.1, -0.05) is 13.8 Å². The van der Waals surface area contributed by atoms with Gasteiger partial charge in [-0.05, 0) is 78.1 Å². The third kappa shape index (κ3) is 11.6. The molecule has 0 radical (unpaired) electrons. The van der Waals surface area contributed by atoms with Gasteiger partial charge in [0, 0.05) is 5.92 Å². The summed E-state index contributed by atoms with van der Waals surface area (Å²) in [6.45, 7) is 8.05. The average Bonchev–Trinajstić information content (AvgIpc) is 3.80. The molecule has 0 bridgehead atoms. The molecule has 14 heteroatoms. The second-order valence-electron chi connectivity index (χ2n) is 13.0. The summed E-state index contributed by atoms with van der Waals surface area (Å²) in [5.41, 5.74) is -2.50. The number of amides is 1. The van der Waals surface area contributed by atoms with Gasteiger partial charge < -0.3 is 29.4 Å². The van der Waals surface area contributed by atoms with Crippen LogP contribution in [0.1, 0.15) is 86.0 Å². The zero-order chi connectivity index (χ0) is 33.1. The van der Waals surface area contributed by atoms with Crippen molar-refractivity contribution < 1.29 is 55.8 Å². The summed E-state index contributed by atoms with van der Waals surface area (Å²) in [6.07, 6.45) is 2.56. The third-order valence-electron chi connectivity index (χ3n) is 8.50. The second kappa shape index (κ2) is 16.9. The van der Waals surface area contributed by atoms with Crippen molar-refractivity contribution in [2.45, 2.75) is 97.3 Å². The average molecular weight is 650 g/mol. The Morgan fingerprint density at radius 1 is 1.02 bits per heavy atom. The minimum absolute atomic E-state index is 0.0323. The van der Waals surface area contributed by atoms with Crippen molar-refractivity contribution in [1.29, 1.82) is 0 Å². The minimum Gasteiger partial charge on any atom is -0.469 e. The fourth-order valence-electron chi connectivity index (χ4n) is 5.86. The van der Waals surface area contributed by atoms with E-state index in [1.807, 2.05) is 0 Å². The summed E-state index contributed by atoms with van der Waals surface area (Å²) < 4.78 is 51.1. The molecule has 4 atom stereocenters. The van der Waals surface area contributed by atoms with Gasteiger partial charge in [-0.2, -0.15) is 8.42 Å². The molecular weight excluding hydrogens is 598 g/mol. The van der Waals surface area contributed by atoms with Gasteiger partial charge in [-0.15, -0.1) is 0 Å². The lowest BCUT2D eigenvalue weighted by Gasteiger charge is -2.36. The molecule has 0 aromatic rings. The van der Waals surface area contributed by atoms with Gasteiger partial charge in [-0.3, -0.25) is 19.2 Å². The molecule has 1 heterocycles. The fraction of sp³-hybridized carbons (Fsp3) is 0.867. The Morgan fingerprint density at radius 2 is 1.66 bits per heavy atom. The van der Waals surface area contributed by atoms with Crippen LogP contribution in [0.4, 0.5) is 0 Å². The minimum atomic E-state index is -3.86. The third-order valence-corrected chi connectivity index (χ3v) is 10.2. The van der Waals surface area contributed by atoms with Gasteiger partial charge in [0.25, 0.3) is 10.1 Å². The van der Waals surface area contributed by atoms with Crippen molar-refractivity contribution >= 4 is 33.9 Å². The van der Waals surface area contributed by atoms with E-state index < -0.39 is 75.2 Å². The van der Waals surface area contributed by atoms with Crippen LogP contribution in [-0.4, -0.2) is 89.0 Å². The van der Waals surface area contributed by atoms with Crippen molar-refractivity contribution in [3.05, 3.63) is 0 Å². The molecule has 1 saturated heterocycles. The number of methoxy groups -OCH3 is 1. The first-order chi connectivity index (χ1) is 20.6. The van der Waals surface area contributed by atoms with Gasteiger partial charge in [0.15, 0.2) is 0 Å². The highest BCUT2D eigenvalue weighted by atomic mass is 32.2. The number of rotatable bonds is 19. The smallest absolute Gasteiger partial charge is 0.311 e. The number of hydrogen-bond acceptors (Lipinski definition) is 12. The summed E-state index contributed by atoms with van der Waals surface area (Å²) in [5, 5.41) is 11.1. The molecule has 1 aliphatic carbocycles. The Bertz CT molecular complexity index is 1080.